The van der Waals surface area contributed by atoms with Gasteiger partial charge in [-0.1, -0.05) is 42.3 Å². The van der Waals surface area contributed by atoms with E-state index in [4.69, 9.17) is 23.2 Å². The topological polar surface area (TPSA) is 4.93 Å². The van der Waals surface area contributed by atoms with Gasteiger partial charge in [0.05, 0.1) is 0 Å². The molecule has 0 atom stereocenters. The maximum Gasteiger partial charge on any atom is 0.0495 e. The molecule has 0 aliphatic rings. The van der Waals surface area contributed by atoms with Crippen LogP contribution >= 0.6 is 23.2 Å². The molecule has 0 N–H and O–H groups in total. The summed E-state index contributed by atoms with van der Waals surface area (Å²) in [6.07, 6.45) is 5.43. The number of halogens is 2. The van der Waals surface area contributed by atoms with Crippen LogP contribution in [0.4, 0.5) is 0 Å². The van der Waals surface area contributed by atoms with E-state index < -0.39 is 0 Å². The summed E-state index contributed by atoms with van der Waals surface area (Å²) in [5.74, 6) is 0. The van der Waals surface area contributed by atoms with Gasteiger partial charge in [0.15, 0.2) is 0 Å². The number of hydrogen-bond acceptors (Lipinski definition) is 0. The van der Waals surface area contributed by atoms with E-state index in [2.05, 4.69) is 35.8 Å². The van der Waals surface area contributed by atoms with Gasteiger partial charge < -0.3 is 4.57 Å². The van der Waals surface area contributed by atoms with Crippen molar-refractivity contribution >= 4 is 45.0 Å². The van der Waals surface area contributed by atoms with Crippen LogP contribution in [-0.2, 0) is 6.54 Å². The van der Waals surface area contributed by atoms with Gasteiger partial charge in [-0.2, -0.15) is 0 Å². The van der Waals surface area contributed by atoms with E-state index in [1.807, 2.05) is 24.3 Å². The Labute approximate surface area is 128 Å². The average Bonchev–Trinajstić information content (AvgIpc) is 2.72. The molecule has 102 valence electrons. The first kappa shape index (κ1) is 13.5. The van der Waals surface area contributed by atoms with Crippen LogP contribution in [0, 0.1) is 0 Å². The van der Waals surface area contributed by atoms with Gasteiger partial charge in [0, 0.05) is 38.4 Å². The number of benzene rings is 2. The highest BCUT2D eigenvalue weighted by Crippen LogP contribution is 2.32. The Balaban J connectivity index is 2.31. The molecule has 0 bridgehead atoms. The van der Waals surface area contributed by atoms with Crippen LogP contribution in [0.3, 0.4) is 0 Å². The van der Waals surface area contributed by atoms with Crippen molar-refractivity contribution in [3.63, 3.8) is 0 Å². The average molecular weight is 304 g/mol. The zero-order valence-corrected chi connectivity index (χ0v) is 12.7. The molecule has 0 spiro atoms. The molecule has 0 fully saturated rings. The van der Waals surface area contributed by atoms with Crippen molar-refractivity contribution in [1.29, 1.82) is 0 Å². The maximum atomic E-state index is 6.14. The van der Waals surface area contributed by atoms with E-state index in [0.717, 1.165) is 33.8 Å². The Bertz CT molecular complexity index is 740. The van der Waals surface area contributed by atoms with Crippen LogP contribution in [-0.4, -0.2) is 4.57 Å². The second kappa shape index (κ2) is 5.51. The molecular weight excluding hydrogens is 289 g/mol. The molecule has 1 nitrogen and oxygen atoms in total. The maximum absolute atomic E-state index is 6.14. The predicted molar refractivity (Wildman–Crippen MR) is 88.9 cm³/mol. The number of aromatic nitrogens is 1. The van der Waals surface area contributed by atoms with Crippen LogP contribution < -0.4 is 0 Å². The minimum atomic E-state index is 0.751. The van der Waals surface area contributed by atoms with E-state index in [0.29, 0.717) is 0 Å². The number of fused-ring (bicyclic) bond motifs is 3. The van der Waals surface area contributed by atoms with Crippen LogP contribution in [0.2, 0.25) is 10.0 Å². The van der Waals surface area contributed by atoms with Gasteiger partial charge in [0.2, 0.25) is 0 Å². The van der Waals surface area contributed by atoms with E-state index in [-0.39, 0.29) is 0 Å². The highest BCUT2D eigenvalue weighted by atomic mass is 35.5. The minimum absolute atomic E-state index is 0.751. The fourth-order valence-corrected chi connectivity index (χ4v) is 2.94. The zero-order valence-electron chi connectivity index (χ0n) is 11.2. The van der Waals surface area contributed by atoms with E-state index in [1.165, 1.54) is 11.0 Å². The smallest absolute Gasteiger partial charge is 0.0495 e. The first-order valence-electron chi connectivity index (χ1n) is 6.72. The van der Waals surface area contributed by atoms with Crippen molar-refractivity contribution in [3.8, 4) is 0 Å². The van der Waals surface area contributed by atoms with Gasteiger partial charge in [-0.25, -0.2) is 0 Å². The molecule has 0 amide bonds. The van der Waals surface area contributed by atoms with Crippen molar-refractivity contribution in [2.24, 2.45) is 0 Å². The molecule has 0 saturated carbocycles. The number of rotatable bonds is 3. The van der Waals surface area contributed by atoms with Crippen molar-refractivity contribution < 1.29 is 0 Å². The summed E-state index contributed by atoms with van der Waals surface area (Å²) in [7, 11) is 0. The monoisotopic (exact) mass is 303 g/mol. The SMILES string of the molecule is CCC=CCn1c2ccc(Cl)cc2c2cc(Cl)ccc21. The van der Waals surface area contributed by atoms with Gasteiger partial charge in [-0.15, -0.1) is 0 Å². The summed E-state index contributed by atoms with van der Waals surface area (Å²) in [6.45, 7) is 3.00. The summed E-state index contributed by atoms with van der Waals surface area (Å²) in [4.78, 5) is 0. The first-order chi connectivity index (χ1) is 9.70. The molecule has 0 radical (unpaired) electrons. The number of nitrogens with zero attached hydrogens (tertiary/aromatic N) is 1. The third-order valence-corrected chi connectivity index (χ3v) is 3.95. The molecule has 1 heterocycles. The Morgan fingerprint density at radius 3 is 1.95 bits per heavy atom. The molecule has 2 aromatic carbocycles. The summed E-state index contributed by atoms with van der Waals surface area (Å²) >= 11 is 12.3. The van der Waals surface area contributed by atoms with Crippen molar-refractivity contribution in [1.82, 2.24) is 4.57 Å². The van der Waals surface area contributed by atoms with Gasteiger partial charge in [0.25, 0.3) is 0 Å². The van der Waals surface area contributed by atoms with Gasteiger partial charge in [-0.05, 0) is 42.8 Å². The van der Waals surface area contributed by atoms with Gasteiger partial charge in [0.1, 0.15) is 0 Å². The highest BCUT2D eigenvalue weighted by molar-refractivity contribution is 6.33. The Kier molecular flexibility index (Phi) is 3.73. The Morgan fingerprint density at radius 1 is 0.900 bits per heavy atom. The van der Waals surface area contributed by atoms with E-state index in [9.17, 15) is 0 Å². The molecule has 20 heavy (non-hydrogen) atoms. The molecule has 3 heteroatoms. The standard InChI is InChI=1S/C17H15Cl2N/c1-2-3-4-9-20-16-7-5-12(18)10-14(16)15-11-13(19)6-8-17(15)20/h3-8,10-11H,2,9H2,1H3. The van der Waals surface area contributed by atoms with Gasteiger partial charge in [-0.3, -0.25) is 0 Å². The van der Waals surface area contributed by atoms with Crippen LogP contribution in [0.15, 0.2) is 48.6 Å². The Hall–Kier alpha value is -1.44. The molecular formula is C17H15Cl2N. The first-order valence-corrected chi connectivity index (χ1v) is 7.48. The van der Waals surface area contributed by atoms with Crippen molar-refractivity contribution in [2.75, 3.05) is 0 Å². The minimum Gasteiger partial charge on any atom is -0.337 e. The van der Waals surface area contributed by atoms with Crippen LogP contribution in [0.5, 0.6) is 0 Å². The molecule has 0 saturated heterocycles. The lowest BCUT2D eigenvalue weighted by Gasteiger charge is -2.03. The molecule has 0 unspecified atom stereocenters. The summed E-state index contributed by atoms with van der Waals surface area (Å²) in [6, 6.07) is 12.0. The molecule has 3 rings (SSSR count). The van der Waals surface area contributed by atoms with E-state index in [1.54, 1.807) is 0 Å². The fourth-order valence-electron chi connectivity index (χ4n) is 2.59. The molecule has 0 aliphatic carbocycles. The van der Waals surface area contributed by atoms with Crippen LogP contribution in [0.1, 0.15) is 13.3 Å². The quantitative estimate of drug-likeness (QED) is 0.518. The zero-order chi connectivity index (χ0) is 14.1. The lowest BCUT2D eigenvalue weighted by Crippen LogP contribution is -1.94. The fraction of sp³-hybridized carbons (Fsp3) is 0.176. The molecule has 3 aromatic rings. The van der Waals surface area contributed by atoms with Crippen molar-refractivity contribution in [3.05, 3.63) is 58.6 Å². The second-order valence-electron chi connectivity index (χ2n) is 4.81. The summed E-state index contributed by atoms with van der Waals surface area (Å²) < 4.78 is 2.30. The Morgan fingerprint density at radius 2 is 1.45 bits per heavy atom. The third-order valence-electron chi connectivity index (χ3n) is 3.48. The lowest BCUT2D eigenvalue weighted by atomic mass is 10.1. The van der Waals surface area contributed by atoms with E-state index >= 15 is 0 Å². The lowest BCUT2D eigenvalue weighted by molar-refractivity contribution is 0.893. The summed E-state index contributed by atoms with van der Waals surface area (Å²) in [5.41, 5.74) is 2.37. The second-order valence-corrected chi connectivity index (χ2v) is 5.69. The summed E-state index contributed by atoms with van der Waals surface area (Å²) in [5, 5.41) is 3.81. The normalized spacial score (nSPS) is 11.9. The highest BCUT2D eigenvalue weighted by Gasteiger charge is 2.10. The molecule has 0 aliphatic heterocycles. The predicted octanol–water partition coefficient (Wildman–Crippen LogP) is 6.07. The number of allylic oxidation sites excluding steroid dienone is 2. The number of hydrogen-bond donors (Lipinski definition) is 0. The van der Waals surface area contributed by atoms with Crippen molar-refractivity contribution in [2.45, 2.75) is 19.9 Å². The largest absolute Gasteiger partial charge is 0.337 e. The van der Waals surface area contributed by atoms with Crippen LogP contribution in [0.25, 0.3) is 21.8 Å². The van der Waals surface area contributed by atoms with Gasteiger partial charge >= 0.3 is 0 Å². The third kappa shape index (κ3) is 2.32. The molecule has 1 aromatic heterocycles.